The predicted octanol–water partition coefficient (Wildman–Crippen LogP) is 5.98. The highest BCUT2D eigenvalue weighted by atomic mass is 35.5. The quantitative estimate of drug-likeness (QED) is 0.443. The van der Waals surface area contributed by atoms with Crippen LogP contribution in [-0.2, 0) is 4.79 Å². The summed E-state index contributed by atoms with van der Waals surface area (Å²) >= 11 is 11.9. The van der Waals surface area contributed by atoms with Crippen LogP contribution in [0.25, 0.3) is 0 Å². The van der Waals surface area contributed by atoms with Gasteiger partial charge in [-0.2, -0.15) is 5.10 Å². The lowest BCUT2D eigenvalue weighted by atomic mass is 9.83. The molecular formula is C22H24Cl2N2O2. The Balaban J connectivity index is 1.34. The molecule has 6 heteroatoms. The normalized spacial score (nSPS) is 16.5. The van der Waals surface area contributed by atoms with Crippen LogP contribution >= 0.6 is 23.2 Å². The summed E-state index contributed by atoms with van der Waals surface area (Å²) in [6, 6.07) is 15.7. The average molecular weight is 419 g/mol. The Kier molecular flexibility index (Phi) is 7.75. The Labute approximate surface area is 175 Å². The summed E-state index contributed by atoms with van der Waals surface area (Å²) in [5.74, 6) is 1.07. The smallest absolute Gasteiger partial charge is 0.240 e. The lowest BCUT2D eigenvalue weighted by Gasteiger charge is -2.23. The number of nitrogens with zero attached hydrogens (tertiary/aromatic N) is 1. The molecule has 2 aromatic rings. The Morgan fingerprint density at radius 2 is 1.86 bits per heavy atom. The van der Waals surface area contributed by atoms with Gasteiger partial charge in [0.1, 0.15) is 5.75 Å². The second kappa shape index (κ2) is 10.5. The molecule has 0 aliphatic heterocycles. The van der Waals surface area contributed by atoms with E-state index in [-0.39, 0.29) is 5.91 Å². The maximum atomic E-state index is 12.0. The van der Waals surface area contributed by atoms with Crippen LogP contribution in [-0.4, -0.2) is 18.2 Å². The van der Waals surface area contributed by atoms with E-state index in [1.807, 2.05) is 6.07 Å². The Bertz CT molecular complexity index is 815. The predicted molar refractivity (Wildman–Crippen MR) is 114 cm³/mol. The van der Waals surface area contributed by atoms with E-state index >= 15 is 0 Å². The van der Waals surface area contributed by atoms with Crippen LogP contribution in [0.1, 0.15) is 50.0 Å². The molecule has 0 atom stereocenters. The zero-order valence-corrected chi connectivity index (χ0v) is 17.2. The summed E-state index contributed by atoms with van der Waals surface area (Å²) < 4.78 is 5.58. The highest BCUT2D eigenvalue weighted by molar-refractivity contribution is 6.35. The number of amides is 1. The molecule has 1 aliphatic rings. The van der Waals surface area contributed by atoms with E-state index in [0.29, 0.717) is 41.2 Å². The molecule has 4 nitrogen and oxygen atoms in total. The van der Waals surface area contributed by atoms with Gasteiger partial charge in [0, 0.05) is 17.2 Å². The molecule has 0 heterocycles. The molecular weight excluding hydrogens is 395 g/mol. The molecule has 3 rings (SSSR count). The van der Waals surface area contributed by atoms with E-state index in [4.69, 9.17) is 27.9 Å². The van der Waals surface area contributed by atoms with Crippen molar-refractivity contribution in [1.82, 2.24) is 5.43 Å². The van der Waals surface area contributed by atoms with Gasteiger partial charge in [0.05, 0.1) is 11.6 Å². The monoisotopic (exact) mass is 418 g/mol. The van der Waals surface area contributed by atoms with Crippen molar-refractivity contribution < 1.29 is 9.53 Å². The largest absolute Gasteiger partial charge is 0.492 e. The van der Waals surface area contributed by atoms with E-state index in [1.165, 1.54) is 5.56 Å². The minimum atomic E-state index is -0.0940. The van der Waals surface area contributed by atoms with Crippen LogP contribution in [0.3, 0.4) is 0 Å². The van der Waals surface area contributed by atoms with Crippen molar-refractivity contribution in [1.29, 1.82) is 0 Å². The number of rotatable bonds is 7. The fourth-order valence-corrected chi connectivity index (χ4v) is 3.79. The summed E-state index contributed by atoms with van der Waals surface area (Å²) in [5.41, 5.74) is 5.14. The minimum Gasteiger partial charge on any atom is -0.492 e. The number of hydrogen-bond donors (Lipinski definition) is 1. The van der Waals surface area contributed by atoms with Gasteiger partial charge in [-0.25, -0.2) is 5.43 Å². The SMILES string of the molecule is O=C(CCCOc1ccc(Cl)cc1Cl)NN=C1CCC(c2ccccc2)CC1. The molecule has 0 bridgehead atoms. The molecule has 1 amide bonds. The third-order valence-corrected chi connectivity index (χ3v) is 5.40. The molecule has 1 saturated carbocycles. The van der Waals surface area contributed by atoms with Crippen LogP contribution in [0.15, 0.2) is 53.6 Å². The molecule has 0 spiro atoms. The maximum absolute atomic E-state index is 12.0. The van der Waals surface area contributed by atoms with Gasteiger partial charge in [-0.3, -0.25) is 4.79 Å². The summed E-state index contributed by atoms with van der Waals surface area (Å²) in [5, 5.41) is 5.34. The van der Waals surface area contributed by atoms with E-state index in [1.54, 1.807) is 18.2 Å². The summed E-state index contributed by atoms with van der Waals surface area (Å²) in [6.07, 6.45) is 4.96. The van der Waals surface area contributed by atoms with Gasteiger partial charge >= 0.3 is 0 Å². The first-order valence-electron chi connectivity index (χ1n) is 9.59. The molecule has 28 heavy (non-hydrogen) atoms. The van der Waals surface area contributed by atoms with Crippen molar-refractivity contribution in [3.63, 3.8) is 0 Å². The van der Waals surface area contributed by atoms with Crippen LogP contribution in [0, 0.1) is 0 Å². The van der Waals surface area contributed by atoms with Gasteiger partial charge in [0.25, 0.3) is 0 Å². The number of ether oxygens (including phenoxy) is 1. The number of carbonyl (C=O) groups is 1. The van der Waals surface area contributed by atoms with Gasteiger partial charge in [0.15, 0.2) is 0 Å². The fraction of sp³-hybridized carbons (Fsp3) is 0.364. The van der Waals surface area contributed by atoms with Crippen molar-refractivity contribution in [3.05, 3.63) is 64.1 Å². The number of halogens is 2. The summed E-state index contributed by atoms with van der Waals surface area (Å²) in [4.78, 5) is 12.0. The molecule has 1 fully saturated rings. The number of benzene rings is 2. The number of carbonyl (C=O) groups excluding carboxylic acids is 1. The molecule has 0 aromatic heterocycles. The topological polar surface area (TPSA) is 50.7 Å². The van der Waals surface area contributed by atoms with Gasteiger partial charge in [0.2, 0.25) is 5.91 Å². The standard InChI is InChI=1S/C22H24Cl2N2O2/c23-18-10-13-21(20(24)15-18)28-14-4-7-22(27)26-25-19-11-8-17(9-12-19)16-5-2-1-3-6-16/h1-3,5-6,10,13,15,17H,4,7-9,11-12,14H2,(H,26,27). The van der Waals surface area contributed by atoms with Crippen LogP contribution in [0.4, 0.5) is 0 Å². The number of hydrogen-bond acceptors (Lipinski definition) is 3. The molecule has 2 aromatic carbocycles. The van der Waals surface area contributed by atoms with E-state index < -0.39 is 0 Å². The number of nitrogens with one attached hydrogen (secondary N) is 1. The zero-order chi connectivity index (χ0) is 19.8. The van der Waals surface area contributed by atoms with Gasteiger partial charge < -0.3 is 4.74 Å². The molecule has 0 radical (unpaired) electrons. The first-order chi connectivity index (χ1) is 13.6. The fourth-order valence-electron chi connectivity index (χ4n) is 3.33. The third-order valence-electron chi connectivity index (χ3n) is 4.87. The van der Waals surface area contributed by atoms with Crippen molar-refractivity contribution in [2.24, 2.45) is 5.10 Å². The third kappa shape index (κ3) is 6.25. The van der Waals surface area contributed by atoms with Crippen molar-refractivity contribution >= 4 is 34.8 Å². The first-order valence-corrected chi connectivity index (χ1v) is 10.3. The van der Waals surface area contributed by atoms with E-state index in [2.05, 4.69) is 34.8 Å². The Morgan fingerprint density at radius 1 is 1.11 bits per heavy atom. The summed E-state index contributed by atoms with van der Waals surface area (Å²) in [6.45, 7) is 0.407. The highest BCUT2D eigenvalue weighted by Gasteiger charge is 2.19. The molecule has 148 valence electrons. The minimum absolute atomic E-state index is 0.0940. The van der Waals surface area contributed by atoms with Crippen molar-refractivity contribution in [2.75, 3.05) is 6.61 Å². The average Bonchev–Trinajstić information content (AvgIpc) is 2.72. The molecule has 0 unspecified atom stereocenters. The van der Waals surface area contributed by atoms with Crippen molar-refractivity contribution in [3.8, 4) is 5.75 Å². The maximum Gasteiger partial charge on any atom is 0.240 e. The lowest BCUT2D eigenvalue weighted by molar-refractivity contribution is -0.121. The van der Waals surface area contributed by atoms with Crippen LogP contribution < -0.4 is 10.2 Å². The second-order valence-corrected chi connectivity index (χ2v) is 7.77. The zero-order valence-electron chi connectivity index (χ0n) is 15.7. The van der Waals surface area contributed by atoms with Crippen LogP contribution in [0.5, 0.6) is 5.75 Å². The highest BCUT2D eigenvalue weighted by Crippen LogP contribution is 2.31. The summed E-state index contributed by atoms with van der Waals surface area (Å²) in [7, 11) is 0. The van der Waals surface area contributed by atoms with Crippen LogP contribution in [0.2, 0.25) is 10.0 Å². The van der Waals surface area contributed by atoms with Gasteiger partial charge in [-0.1, -0.05) is 53.5 Å². The van der Waals surface area contributed by atoms with Crippen molar-refractivity contribution in [2.45, 2.75) is 44.4 Å². The molecule has 1 N–H and O–H groups in total. The number of hydrazone groups is 1. The van der Waals surface area contributed by atoms with E-state index in [9.17, 15) is 4.79 Å². The Hall–Kier alpha value is -2.04. The Morgan fingerprint density at radius 3 is 2.57 bits per heavy atom. The molecule has 0 saturated heterocycles. The van der Waals surface area contributed by atoms with E-state index in [0.717, 1.165) is 31.4 Å². The van der Waals surface area contributed by atoms with Gasteiger partial charge in [-0.15, -0.1) is 0 Å². The van der Waals surface area contributed by atoms with Gasteiger partial charge in [-0.05, 0) is 61.8 Å². The first kappa shape index (κ1) is 20.7. The molecule has 1 aliphatic carbocycles. The second-order valence-electron chi connectivity index (χ2n) is 6.92. The lowest BCUT2D eigenvalue weighted by Crippen LogP contribution is -2.22.